The maximum Gasteiger partial charge on any atom is 0.412 e. The minimum Gasteiger partial charge on any atom is -0.493 e. The highest BCUT2D eigenvalue weighted by Gasteiger charge is 2.20. The molecular weight excluding hydrogens is 556 g/mol. The summed E-state index contributed by atoms with van der Waals surface area (Å²) in [6, 6.07) is 23.1. The van der Waals surface area contributed by atoms with Crippen LogP contribution in [0.5, 0.6) is 11.6 Å². The molecular formula is C32H33ClN4O5. The first kappa shape index (κ1) is 30.3. The molecule has 218 valence electrons. The van der Waals surface area contributed by atoms with Crippen LogP contribution < -0.4 is 19.7 Å². The van der Waals surface area contributed by atoms with Gasteiger partial charge in [-0.1, -0.05) is 35.9 Å². The quantitative estimate of drug-likeness (QED) is 0.205. The summed E-state index contributed by atoms with van der Waals surface area (Å²) in [5.74, 6) is 0.685. The summed E-state index contributed by atoms with van der Waals surface area (Å²) >= 11 is 6.39. The van der Waals surface area contributed by atoms with E-state index in [1.165, 1.54) is 0 Å². The molecule has 0 spiro atoms. The maximum atomic E-state index is 13.7. The van der Waals surface area contributed by atoms with Crippen molar-refractivity contribution in [1.82, 2.24) is 9.97 Å². The Balaban J connectivity index is 1.40. The number of aromatic nitrogens is 2. The predicted molar refractivity (Wildman–Crippen MR) is 163 cm³/mol. The molecule has 2 amide bonds. The second kappa shape index (κ2) is 14.3. The Morgan fingerprint density at radius 1 is 0.881 bits per heavy atom. The van der Waals surface area contributed by atoms with Gasteiger partial charge < -0.3 is 19.1 Å². The van der Waals surface area contributed by atoms with Crippen LogP contribution in [0.15, 0.2) is 91.3 Å². The zero-order valence-corrected chi connectivity index (χ0v) is 24.5. The van der Waals surface area contributed by atoms with Crippen molar-refractivity contribution in [3.8, 4) is 11.6 Å². The van der Waals surface area contributed by atoms with Crippen molar-refractivity contribution in [1.29, 1.82) is 0 Å². The van der Waals surface area contributed by atoms with E-state index in [0.717, 1.165) is 5.69 Å². The van der Waals surface area contributed by atoms with E-state index in [4.69, 9.17) is 25.8 Å². The molecule has 0 radical (unpaired) electrons. The molecule has 42 heavy (non-hydrogen) atoms. The van der Waals surface area contributed by atoms with Crippen molar-refractivity contribution in [3.05, 3.63) is 108 Å². The van der Waals surface area contributed by atoms with Gasteiger partial charge in [-0.2, -0.15) is 0 Å². The summed E-state index contributed by atoms with van der Waals surface area (Å²) in [5, 5.41) is 3.08. The van der Waals surface area contributed by atoms with Gasteiger partial charge in [0.05, 0.1) is 13.2 Å². The van der Waals surface area contributed by atoms with E-state index in [-0.39, 0.29) is 19.1 Å². The molecule has 9 nitrogen and oxygen atoms in total. The van der Waals surface area contributed by atoms with Crippen molar-refractivity contribution < 1.29 is 23.8 Å². The number of halogens is 1. The fraction of sp³-hybridized carbons (Fsp3) is 0.250. The number of anilines is 2. The summed E-state index contributed by atoms with van der Waals surface area (Å²) in [5.41, 5.74) is 1.78. The third-order valence-corrected chi connectivity index (χ3v) is 5.94. The monoisotopic (exact) mass is 588 g/mol. The Labute approximate surface area is 250 Å². The number of pyridine rings is 2. The van der Waals surface area contributed by atoms with Crippen LogP contribution >= 0.6 is 11.6 Å². The van der Waals surface area contributed by atoms with Crippen LogP contribution in [0.25, 0.3) is 0 Å². The zero-order valence-electron chi connectivity index (χ0n) is 23.7. The molecule has 0 fully saturated rings. The molecule has 0 unspecified atom stereocenters. The lowest BCUT2D eigenvalue weighted by molar-refractivity contribution is 0.0635. The summed E-state index contributed by atoms with van der Waals surface area (Å²) in [6.07, 6.45) is 3.17. The molecule has 1 N–H and O–H groups in total. The van der Waals surface area contributed by atoms with Crippen LogP contribution in [0.3, 0.4) is 0 Å². The molecule has 0 bridgehead atoms. The number of carbonyl (C=O) groups is 2. The maximum absolute atomic E-state index is 13.7. The number of carbonyl (C=O) groups excluding carboxylic acids is 2. The second-order valence-electron chi connectivity index (χ2n) is 10.2. The lowest BCUT2D eigenvalue weighted by Crippen LogP contribution is -2.34. The lowest BCUT2D eigenvalue weighted by atomic mass is 10.1. The number of benzene rings is 2. The first-order valence-electron chi connectivity index (χ1n) is 13.5. The number of para-hydroxylation sites is 1. The van der Waals surface area contributed by atoms with E-state index in [1.807, 2.05) is 42.5 Å². The topological polar surface area (TPSA) is 103 Å². The largest absolute Gasteiger partial charge is 0.493 e. The van der Waals surface area contributed by atoms with Gasteiger partial charge in [0.2, 0.25) is 5.88 Å². The Kier molecular flexibility index (Phi) is 10.3. The van der Waals surface area contributed by atoms with Crippen molar-refractivity contribution in [2.24, 2.45) is 0 Å². The smallest absolute Gasteiger partial charge is 0.412 e. The number of rotatable bonds is 11. The van der Waals surface area contributed by atoms with E-state index in [2.05, 4.69) is 15.3 Å². The molecule has 4 rings (SSSR count). The van der Waals surface area contributed by atoms with E-state index < -0.39 is 11.7 Å². The second-order valence-corrected chi connectivity index (χ2v) is 10.7. The molecule has 0 aliphatic carbocycles. The van der Waals surface area contributed by atoms with Crippen LogP contribution in [-0.2, 0) is 11.2 Å². The van der Waals surface area contributed by atoms with Crippen molar-refractivity contribution >= 4 is 35.0 Å². The molecule has 0 aliphatic rings. The van der Waals surface area contributed by atoms with Crippen molar-refractivity contribution in [2.75, 3.05) is 30.0 Å². The molecule has 0 aliphatic heterocycles. The van der Waals surface area contributed by atoms with Gasteiger partial charge in [-0.25, -0.2) is 9.78 Å². The van der Waals surface area contributed by atoms with Gasteiger partial charge in [-0.3, -0.25) is 15.1 Å². The highest BCUT2D eigenvalue weighted by Crippen LogP contribution is 2.25. The standard InChI is InChI=1S/C32H33ClN4O5/c1-32(2,3)42-31(39)36-26-12-15-34-25(22-26)13-17-40-28-20-23(19-24(33)21-28)30(38)37(27-9-5-4-6-10-27)16-18-41-29-11-7-8-14-35-29/h4-12,14-15,19-22H,13,16-18H2,1-3H3,(H,34,36,39). The van der Waals surface area contributed by atoms with Gasteiger partial charge in [0, 0.05) is 52.5 Å². The number of hydrogen-bond acceptors (Lipinski definition) is 7. The third-order valence-electron chi connectivity index (χ3n) is 5.72. The number of amides is 2. The number of nitrogens with one attached hydrogen (secondary N) is 1. The van der Waals surface area contributed by atoms with Crippen molar-refractivity contribution in [3.63, 3.8) is 0 Å². The van der Waals surface area contributed by atoms with E-state index in [1.54, 1.807) is 74.5 Å². The van der Waals surface area contributed by atoms with Gasteiger partial charge in [-0.15, -0.1) is 0 Å². The normalized spacial score (nSPS) is 11.0. The average Bonchev–Trinajstić information content (AvgIpc) is 2.95. The summed E-state index contributed by atoms with van der Waals surface area (Å²) in [7, 11) is 0. The van der Waals surface area contributed by atoms with Crippen LogP contribution in [0.2, 0.25) is 5.02 Å². The van der Waals surface area contributed by atoms with Crippen LogP contribution in [0.1, 0.15) is 36.8 Å². The fourth-order valence-corrected chi connectivity index (χ4v) is 4.17. The van der Waals surface area contributed by atoms with Gasteiger partial charge in [0.25, 0.3) is 5.91 Å². The summed E-state index contributed by atoms with van der Waals surface area (Å²) < 4.78 is 17.0. The van der Waals surface area contributed by atoms with E-state index in [9.17, 15) is 9.59 Å². The predicted octanol–water partition coefficient (Wildman–Crippen LogP) is 6.82. The Morgan fingerprint density at radius 2 is 1.67 bits per heavy atom. The molecule has 2 aromatic carbocycles. The summed E-state index contributed by atoms with van der Waals surface area (Å²) in [4.78, 5) is 35.9. The minimum atomic E-state index is -0.601. The molecule has 4 aromatic rings. The number of nitrogens with zero attached hydrogens (tertiary/aromatic N) is 3. The third kappa shape index (κ3) is 9.49. The van der Waals surface area contributed by atoms with Crippen LogP contribution in [0.4, 0.5) is 16.2 Å². The fourth-order valence-electron chi connectivity index (χ4n) is 3.94. The first-order chi connectivity index (χ1) is 20.2. The van der Waals surface area contributed by atoms with Gasteiger partial charge >= 0.3 is 6.09 Å². The van der Waals surface area contributed by atoms with E-state index in [0.29, 0.717) is 46.6 Å². The Bertz CT molecular complexity index is 1480. The van der Waals surface area contributed by atoms with Crippen LogP contribution in [0, 0.1) is 0 Å². The van der Waals surface area contributed by atoms with Gasteiger partial charge in [0.1, 0.15) is 18.0 Å². The molecule has 0 saturated carbocycles. The minimum absolute atomic E-state index is 0.246. The molecule has 0 atom stereocenters. The van der Waals surface area contributed by atoms with Crippen LogP contribution in [-0.4, -0.2) is 47.3 Å². The highest BCUT2D eigenvalue weighted by atomic mass is 35.5. The Morgan fingerprint density at radius 3 is 2.40 bits per heavy atom. The molecule has 10 heteroatoms. The van der Waals surface area contributed by atoms with Gasteiger partial charge in [-0.05, 0) is 69.3 Å². The SMILES string of the molecule is CC(C)(C)OC(=O)Nc1ccnc(CCOc2cc(Cl)cc(C(=O)N(CCOc3ccccn3)c3ccccc3)c2)c1. The molecule has 0 saturated heterocycles. The molecule has 2 aromatic heterocycles. The zero-order chi connectivity index (χ0) is 30.0. The number of ether oxygens (including phenoxy) is 3. The lowest BCUT2D eigenvalue weighted by Gasteiger charge is -2.23. The van der Waals surface area contributed by atoms with Gasteiger partial charge in [0.15, 0.2) is 0 Å². The first-order valence-corrected chi connectivity index (χ1v) is 13.8. The van der Waals surface area contributed by atoms with Crippen molar-refractivity contribution in [2.45, 2.75) is 32.8 Å². The highest BCUT2D eigenvalue weighted by molar-refractivity contribution is 6.31. The number of hydrogen-bond donors (Lipinski definition) is 1. The van der Waals surface area contributed by atoms with E-state index >= 15 is 0 Å². The molecule has 2 heterocycles. The average molecular weight is 589 g/mol. The summed E-state index contributed by atoms with van der Waals surface area (Å²) in [6.45, 7) is 6.21. The Hall–Kier alpha value is -4.63.